The number of unbranched alkanes of at least 4 members (excludes halogenated alkanes) is 8. The van der Waals surface area contributed by atoms with E-state index < -0.39 is 46.9 Å². The van der Waals surface area contributed by atoms with E-state index in [-0.39, 0.29) is 13.2 Å². The van der Waals surface area contributed by atoms with E-state index in [0.717, 1.165) is 44.5 Å². The van der Waals surface area contributed by atoms with Gasteiger partial charge in [-0.25, -0.2) is 4.98 Å². The van der Waals surface area contributed by atoms with Crippen LogP contribution in [0.2, 0.25) is 5.02 Å². The maximum atomic E-state index is 13.3. The lowest BCUT2D eigenvalue weighted by molar-refractivity contribution is -0.160. The number of ether oxygens (including phenoxy) is 2. The van der Waals surface area contributed by atoms with E-state index in [4.69, 9.17) is 26.8 Å². The Hall–Kier alpha value is -1.17. The van der Waals surface area contributed by atoms with Gasteiger partial charge >= 0.3 is 6.18 Å². The molecule has 11 heteroatoms. The Labute approximate surface area is 204 Å². The molecule has 4 atom stereocenters. The molecule has 5 N–H and O–H groups in total. The van der Waals surface area contributed by atoms with Gasteiger partial charge in [0.05, 0.1) is 24.3 Å². The zero-order valence-electron chi connectivity index (χ0n) is 19.4. The lowest BCUT2D eigenvalue weighted by Crippen LogP contribution is -2.57. The first-order chi connectivity index (χ1) is 16.3. The van der Waals surface area contributed by atoms with E-state index in [9.17, 15) is 23.4 Å². The molecule has 0 unspecified atom stereocenters. The summed E-state index contributed by atoms with van der Waals surface area (Å²) in [5.74, 6) is -0.523. The summed E-state index contributed by atoms with van der Waals surface area (Å²) in [6.07, 6.45) is 3.27. The highest BCUT2D eigenvalue weighted by atomic mass is 35.5. The van der Waals surface area contributed by atoms with Crippen LogP contribution in [0.5, 0.6) is 0 Å². The topological polar surface area (TPSA) is 110 Å². The molecule has 196 valence electrons. The highest BCUT2D eigenvalue weighted by Gasteiger charge is 2.41. The van der Waals surface area contributed by atoms with Crippen molar-refractivity contribution in [2.24, 2.45) is 5.73 Å². The summed E-state index contributed by atoms with van der Waals surface area (Å²) in [4.78, 5) is 3.70. The molecule has 2 heterocycles. The second-order valence-corrected chi connectivity index (χ2v) is 9.07. The average Bonchev–Trinajstić information content (AvgIpc) is 2.78. The number of aliphatic hydroxyl groups is 2. The number of nitrogens with zero attached hydrogens (tertiary/aromatic N) is 1. The van der Waals surface area contributed by atoms with Crippen molar-refractivity contribution in [2.45, 2.75) is 88.3 Å². The Bertz CT molecular complexity index is 715. The third kappa shape index (κ3) is 9.47. The smallest absolute Gasteiger partial charge is 0.388 e. The monoisotopic (exact) mass is 511 g/mol. The van der Waals surface area contributed by atoms with Crippen LogP contribution in [0.15, 0.2) is 12.3 Å². The summed E-state index contributed by atoms with van der Waals surface area (Å²) in [5.41, 5.74) is 4.35. The fraction of sp³-hybridized carbons (Fsp3) is 0.783. The average molecular weight is 512 g/mol. The Kier molecular flexibility index (Phi) is 12.9. The van der Waals surface area contributed by atoms with Crippen molar-refractivity contribution in [3.8, 4) is 0 Å². The minimum atomic E-state index is -4.73. The molecule has 1 saturated heterocycles. The molecule has 1 fully saturated rings. The van der Waals surface area contributed by atoms with Gasteiger partial charge in [0.15, 0.2) is 0 Å². The predicted octanol–water partition coefficient (Wildman–Crippen LogP) is 4.14. The van der Waals surface area contributed by atoms with Crippen LogP contribution in [0.25, 0.3) is 0 Å². The third-order valence-corrected chi connectivity index (χ3v) is 6.23. The SMILES string of the molecule is NCCCCCCCCCCCOC[C@H]1OC[C@H](Nc2nccc(Cl)c2C(F)(F)F)[C@@H](O)[C@H]1O. The summed E-state index contributed by atoms with van der Waals surface area (Å²) < 4.78 is 51.1. The molecule has 0 aliphatic carbocycles. The van der Waals surface area contributed by atoms with Gasteiger partial charge in [-0.2, -0.15) is 13.2 Å². The van der Waals surface area contributed by atoms with Crippen molar-refractivity contribution >= 4 is 17.4 Å². The van der Waals surface area contributed by atoms with E-state index in [2.05, 4.69) is 10.3 Å². The number of hydrogen-bond donors (Lipinski definition) is 4. The van der Waals surface area contributed by atoms with Gasteiger partial charge < -0.3 is 30.7 Å². The normalized spacial score (nSPS) is 23.3. The number of halogens is 4. The van der Waals surface area contributed by atoms with E-state index >= 15 is 0 Å². The van der Waals surface area contributed by atoms with E-state index in [1.165, 1.54) is 32.1 Å². The Morgan fingerprint density at radius 2 is 1.68 bits per heavy atom. The van der Waals surface area contributed by atoms with Crippen molar-refractivity contribution < 1.29 is 32.9 Å². The molecule has 2 rings (SSSR count). The highest BCUT2D eigenvalue weighted by Crippen LogP contribution is 2.39. The first-order valence-electron chi connectivity index (χ1n) is 12.0. The number of alkyl halides is 3. The summed E-state index contributed by atoms with van der Waals surface area (Å²) in [6, 6.07) is 0.0461. The third-order valence-electron chi connectivity index (χ3n) is 5.91. The molecule has 1 aliphatic heterocycles. The number of aliphatic hydroxyl groups excluding tert-OH is 2. The second kappa shape index (κ2) is 15.1. The van der Waals surface area contributed by atoms with Crippen LogP contribution in [0.4, 0.5) is 19.0 Å². The van der Waals surface area contributed by atoms with E-state index in [1.54, 1.807) is 0 Å². The van der Waals surface area contributed by atoms with Crippen molar-refractivity contribution in [3.63, 3.8) is 0 Å². The van der Waals surface area contributed by atoms with E-state index in [1.807, 2.05) is 0 Å². The van der Waals surface area contributed by atoms with Crippen LogP contribution >= 0.6 is 11.6 Å². The van der Waals surface area contributed by atoms with Gasteiger partial charge in [-0.05, 0) is 25.5 Å². The van der Waals surface area contributed by atoms with Gasteiger partial charge in [0.1, 0.15) is 29.7 Å². The standard InChI is InChI=1S/C23H37ClF3N3O4/c24-16-10-12-29-22(19(16)23(25,26)27)30-17-14-34-18(21(32)20(17)31)15-33-13-9-7-5-3-1-2-4-6-8-11-28/h10,12,17-18,20-21,31-32H,1-9,11,13-15,28H2,(H,29,30)/t17-,18+,20+,21-/m0/s1. The van der Waals surface area contributed by atoms with Crippen LogP contribution in [-0.2, 0) is 15.7 Å². The zero-order valence-corrected chi connectivity index (χ0v) is 20.2. The van der Waals surface area contributed by atoms with Crippen molar-refractivity contribution in [3.05, 3.63) is 22.8 Å². The lowest BCUT2D eigenvalue weighted by atomic mass is 9.98. The summed E-state index contributed by atoms with van der Waals surface area (Å²) in [5, 5.41) is 22.8. The molecule has 0 saturated carbocycles. The number of aromatic nitrogens is 1. The zero-order chi connectivity index (χ0) is 25.0. The minimum absolute atomic E-state index is 0.0926. The first-order valence-corrected chi connectivity index (χ1v) is 12.4. The van der Waals surface area contributed by atoms with Crippen LogP contribution < -0.4 is 11.1 Å². The molecule has 1 aromatic rings. The Morgan fingerprint density at radius 3 is 2.29 bits per heavy atom. The fourth-order valence-electron chi connectivity index (χ4n) is 3.93. The quantitative estimate of drug-likeness (QED) is 0.262. The number of hydrogen-bond acceptors (Lipinski definition) is 7. The fourth-order valence-corrected chi connectivity index (χ4v) is 4.19. The van der Waals surface area contributed by atoms with Crippen LogP contribution in [0, 0.1) is 0 Å². The number of pyridine rings is 1. The molecule has 0 bridgehead atoms. The summed E-state index contributed by atoms with van der Waals surface area (Å²) >= 11 is 5.70. The molecule has 1 aromatic heterocycles. The highest BCUT2D eigenvalue weighted by molar-refractivity contribution is 6.31. The molecular weight excluding hydrogens is 475 g/mol. The van der Waals surface area contributed by atoms with Crippen LogP contribution in [-0.4, -0.2) is 65.9 Å². The van der Waals surface area contributed by atoms with Crippen molar-refractivity contribution in [2.75, 3.05) is 31.7 Å². The van der Waals surface area contributed by atoms with Crippen molar-refractivity contribution in [1.29, 1.82) is 0 Å². The van der Waals surface area contributed by atoms with Crippen molar-refractivity contribution in [1.82, 2.24) is 4.98 Å². The molecule has 34 heavy (non-hydrogen) atoms. The van der Waals surface area contributed by atoms with Gasteiger partial charge in [-0.15, -0.1) is 0 Å². The van der Waals surface area contributed by atoms with Gasteiger partial charge in [0, 0.05) is 12.8 Å². The van der Waals surface area contributed by atoms with Gasteiger partial charge in [0.25, 0.3) is 0 Å². The summed E-state index contributed by atoms with van der Waals surface area (Å²) in [7, 11) is 0. The van der Waals surface area contributed by atoms with Gasteiger partial charge in [-0.1, -0.05) is 56.5 Å². The molecule has 0 spiro atoms. The molecule has 0 radical (unpaired) electrons. The molecule has 7 nitrogen and oxygen atoms in total. The lowest BCUT2D eigenvalue weighted by Gasteiger charge is -2.38. The van der Waals surface area contributed by atoms with Gasteiger partial charge in [0.2, 0.25) is 0 Å². The van der Waals surface area contributed by atoms with Gasteiger partial charge in [-0.3, -0.25) is 0 Å². The molecule has 0 aromatic carbocycles. The maximum absolute atomic E-state index is 13.3. The van der Waals surface area contributed by atoms with Crippen LogP contribution in [0.3, 0.4) is 0 Å². The number of anilines is 1. The first kappa shape index (κ1) is 29.1. The predicted molar refractivity (Wildman–Crippen MR) is 125 cm³/mol. The van der Waals surface area contributed by atoms with Crippen LogP contribution in [0.1, 0.15) is 63.4 Å². The largest absolute Gasteiger partial charge is 0.421 e. The second-order valence-electron chi connectivity index (χ2n) is 8.66. The minimum Gasteiger partial charge on any atom is -0.388 e. The molecule has 1 aliphatic rings. The molecular formula is C23H37ClF3N3O4. The Morgan fingerprint density at radius 1 is 1.06 bits per heavy atom. The van der Waals surface area contributed by atoms with E-state index in [0.29, 0.717) is 6.61 Å². The number of rotatable bonds is 15. The number of nitrogens with one attached hydrogen (secondary N) is 1. The maximum Gasteiger partial charge on any atom is 0.421 e. The molecule has 0 amide bonds. The Balaban J connectivity index is 1.66. The number of nitrogens with two attached hydrogens (primary N) is 1. The summed E-state index contributed by atoms with van der Waals surface area (Å²) in [6.45, 7) is 1.25.